The number of amidine groups is 1. The maximum atomic E-state index is 13.4. The number of nitrogens with one attached hydrogen (secondary N) is 1. The normalized spacial score (nSPS) is 15.7. The van der Waals surface area contributed by atoms with Crippen LogP contribution in [-0.4, -0.2) is 18.2 Å². The van der Waals surface area contributed by atoms with E-state index in [1.165, 1.54) is 23.9 Å². The Hall–Kier alpha value is -3.10. The van der Waals surface area contributed by atoms with Crippen molar-refractivity contribution in [1.82, 2.24) is 5.32 Å². The van der Waals surface area contributed by atoms with E-state index in [1.807, 2.05) is 31.2 Å². The Morgan fingerprint density at radius 2 is 1.91 bits per heavy atom. The summed E-state index contributed by atoms with van der Waals surface area (Å²) < 4.78 is 25.4. The first-order valence-electron chi connectivity index (χ1n) is 10.0. The number of halogens is 2. The van der Waals surface area contributed by atoms with E-state index in [-0.39, 0.29) is 18.3 Å². The molecule has 0 saturated carbocycles. The lowest BCUT2D eigenvalue weighted by atomic mass is 10.1. The number of amides is 1. The molecule has 0 bridgehead atoms. The predicted octanol–water partition coefficient (Wildman–Crippen LogP) is 6.38. The Labute approximate surface area is 203 Å². The molecule has 5 nitrogen and oxygen atoms in total. The maximum absolute atomic E-state index is 13.4. The van der Waals surface area contributed by atoms with Crippen LogP contribution in [0.2, 0.25) is 0 Å². The van der Waals surface area contributed by atoms with Gasteiger partial charge in [0, 0.05) is 4.47 Å². The van der Waals surface area contributed by atoms with Crippen molar-refractivity contribution in [3.05, 3.63) is 92.5 Å². The summed E-state index contributed by atoms with van der Waals surface area (Å²) in [7, 11) is 1.54. The lowest BCUT2D eigenvalue weighted by molar-refractivity contribution is -0.115. The van der Waals surface area contributed by atoms with E-state index in [0.29, 0.717) is 27.1 Å². The summed E-state index contributed by atoms with van der Waals surface area (Å²) in [6.45, 7) is 2.20. The van der Waals surface area contributed by atoms with Crippen LogP contribution in [0.5, 0.6) is 11.5 Å². The average Bonchev–Trinajstić information content (AvgIpc) is 3.14. The molecule has 0 aliphatic carbocycles. The third-order valence-electron chi connectivity index (χ3n) is 4.77. The second-order valence-corrected chi connectivity index (χ2v) is 9.15. The highest BCUT2D eigenvalue weighted by Gasteiger charge is 2.24. The molecular weight excluding hydrogens is 507 g/mol. The summed E-state index contributed by atoms with van der Waals surface area (Å²) in [6.07, 6.45) is 1.76. The third kappa shape index (κ3) is 5.83. The Bertz CT molecular complexity index is 1260. The number of rotatable bonds is 6. The summed E-state index contributed by atoms with van der Waals surface area (Å²) in [4.78, 5) is 17.5. The maximum Gasteiger partial charge on any atom is 0.264 e. The summed E-state index contributed by atoms with van der Waals surface area (Å²) in [5, 5.41) is 3.32. The van der Waals surface area contributed by atoms with Crippen molar-refractivity contribution in [3.8, 4) is 11.5 Å². The molecule has 3 aromatic rings. The van der Waals surface area contributed by atoms with Crippen LogP contribution in [0.3, 0.4) is 0 Å². The van der Waals surface area contributed by atoms with Gasteiger partial charge in [-0.05, 0) is 72.3 Å². The van der Waals surface area contributed by atoms with E-state index in [0.717, 1.165) is 21.3 Å². The largest absolute Gasteiger partial charge is 0.493 e. The number of aliphatic imine (C=N–C) groups is 1. The van der Waals surface area contributed by atoms with Crippen molar-refractivity contribution < 1.29 is 18.7 Å². The molecular formula is C25H20BrFN2O3S. The molecule has 1 N–H and O–H groups in total. The molecule has 1 heterocycles. The van der Waals surface area contributed by atoms with Gasteiger partial charge < -0.3 is 14.8 Å². The molecule has 1 saturated heterocycles. The van der Waals surface area contributed by atoms with Crippen LogP contribution in [-0.2, 0) is 11.4 Å². The van der Waals surface area contributed by atoms with Gasteiger partial charge in [-0.3, -0.25) is 4.79 Å². The minimum Gasteiger partial charge on any atom is -0.493 e. The predicted molar refractivity (Wildman–Crippen MR) is 133 cm³/mol. The van der Waals surface area contributed by atoms with Gasteiger partial charge in [0.15, 0.2) is 16.7 Å². The molecule has 0 unspecified atom stereocenters. The Morgan fingerprint density at radius 3 is 2.64 bits per heavy atom. The fraction of sp³-hybridized carbons (Fsp3) is 0.120. The van der Waals surface area contributed by atoms with Gasteiger partial charge in [0.1, 0.15) is 12.4 Å². The number of benzene rings is 3. The standard InChI is InChI=1S/C25H20BrFN2O3S/c1-15-6-8-19(9-7-15)28-25-29-24(30)23(33-25)12-17-11-21(31-2)22(13-20(17)26)32-14-16-4-3-5-18(27)10-16/h3-13H,14H2,1-2H3,(H,28,29,30)/b23-12+. The molecule has 0 aromatic heterocycles. The molecule has 33 heavy (non-hydrogen) atoms. The minimum atomic E-state index is -0.316. The molecule has 0 atom stereocenters. The number of methoxy groups -OCH3 is 1. The number of thioether (sulfide) groups is 1. The fourth-order valence-electron chi connectivity index (χ4n) is 3.08. The van der Waals surface area contributed by atoms with Gasteiger partial charge in [-0.2, -0.15) is 0 Å². The van der Waals surface area contributed by atoms with Crippen molar-refractivity contribution in [3.63, 3.8) is 0 Å². The van der Waals surface area contributed by atoms with Gasteiger partial charge in [-0.15, -0.1) is 0 Å². The molecule has 168 valence electrons. The second kappa shape index (κ2) is 10.2. The van der Waals surface area contributed by atoms with Gasteiger partial charge in [0.2, 0.25) is 0 Å². The van der Waals surface area contributed by atoms with E-state index >= 15 is 0 Å². The quantitative estimate of drug-likeness (QED) is 0.378. The van der Waals surface area contributed by atoms with Crippen LogP contribution in [0.15, 0.2) is 75.0 Å². The number of ether oxygens (including phenoxy) is 2. The van der Waals surface area contributed by atoms with Crippen molar-refractivity contribution in [2.45, 2.75) is 13.5 Å². The van der Waals surface area contributed by atoms with Gasteiger partial charge in [0.05, 0.1) is 17.7 Å². The topological polar surface area (TPSA) is 59.9 Å². The average molecular weight is 527 g/mol. The van der Waals surface area contributed by atoms with Gasteiger partial charge in [-0.1, -0.05) is 45.8 Å². The van der Waals surface area contributed by atoms with Crippen LogP contribution in [0.1, 0.15) is 16.7 Å². The van der Waals surface area contributed by atoms with E-state index in [2.05, 4.69) is 26.2 Å². The SMILES string of the molecule is COc1cc(/C=C2/SC(=Nc3ccc(C)cc3)NC2=O)c(Br)cc1OCc1cccc(F)c1. The van der Waals surface area contributed by atoms with E-state index in [4.69, 9.17) is 9.47 Å². The monoisotopic (exact) mass is 526 g/mol. The van der Waals surface area contributed by atoms with E-state index in [1.54, 1.807) is 37.5 Å². The van der Waals surface area contributed by atoms with E-state index < -0.39 is 0 Å². The van der Waals surface area contributed by atoms with Crippen LogP contribution < -0.4 is 14.8 Å². The summed E-state index contributed by atoms with van der Waals surface area (Å²) in [5.41, 5.74) is 3.37. The molecule has 1 fully saturated rings. The summed E-state index contributed by atoms with van der Waals surface area (Å²) in [6, 6.07) is 17.5. The zero-order valence-electron chi connectivity index (χ0n) is 17.9. The molecule has 0 spiro atoms. The molecule has 1 aliphatic heterocycles. The second-order valence-electron chi connectivity index (χ2n) is 7.26. The first-order valence-corrected chi connectivity index (χ1v) is 11.6. The zero-order valence-corrected chi connectivity index (χ0v) is 20.3. The van der Waals surface area contributed by atoms with Crippen molar-refractivity contribution in [2.24, 2.45) is 4.99 Å². The lowest BCUT2D eigenvalue weighted by Gasteiger charge is -2.13. The molecule has 4 rings (SSSR count). The number of aryl methyl sites for hydroxylation is 1. The van der Waals surface area contributed by atoms with Crippen LogP contribution in [0.4, 0.5) is 10.1 Å². The summed E-state index contributed by atoms with van der Waals surface area (Å²) in [5.74, 6) is 0.464. The molecule has 0 radical (unpaired) electrons. The highest BCUT2D eigenvalue weighted by molar-refractivity contribution is 9.10. The first kappa shape index (κ1) is 23.1. The van der Waals surface area contributed by atoms with Gasteiger partial charge in [0.25, 0.3) is 5.91 Å². The third-order valence-corrected chi connectivity index (χ3v) is 6.37. The Morgan fingerprint density at radius 1 is 1.12 bits per heavy atom. The Kier molecular flexibility index (Phi) is 7.15. The zero-order chi connectivity index (χ0) is 23.4. The number of carbonyl (C=O) groups is 1. The van der Waals surface area contributed by atoms with E-state index in [9.17, 15) is 9.18 Å². The number of hydrogen-bond acceptors (Lipinski definition) is 5. The smallest absolute Gasteiger partial charge is 0.264 e. The molecule has 3 aromatic carbocycles. The number of nitrogens with zero attached hydrogens (tertiary/aromatic N) is 1. The number of carbonyl (C=O) groups excluding carboxylic acids is 1. The fourth-order valence-corrected chi connectivity index (χ4v) is 4.35. The van der Waals surface area contributed by atoms with Gasteiger partial charge in [-0.25, -0.2) is 9.38 Å². The summed E-state index contributed by atoms with van der Waals surface area (Å²) >= 11 is 4.81. The molecule has 1 aliphatic rings. The molecule has 1 amide bonds. The number of hydrogen-bond donors (Lipinski definition) is 1. The highest BCUT2D eigenvalue weighted by Crippen LogP contribution is 2.37. The van der Waals surface area contributed by atoms with Crippen LogP contribution in [0.25, 0.3) is 6.08 Å². The van der Waals surface area contributed by atoms with Crippen LogP contribution in [0, 0.1) is 12.7 Å². The molecule has 8 heteroatoms. The van der Waals surface area contributed by atoms with Crippen LogP contribution >= 0.6 is 27.7 Å². The minimum absolute atomic E-state index is 0.193. The van der Waals surface area contributed by atoms with Gasteiger partial charge >= 0.3 is 0 Å². The Balaban J connectivity index is 1.53. The van der Waals surface area contributed by atoms with Crippen molar-refractivity contribution in [2.75, 3.05) is 7.11 Å². The van der Waals surface area contributed by atoms with Crippen molar-refractivity contribution >= 4 is 50.5 Å². The lowest BCUT2D eigenvalue weighted by Crippen LogP contribution is -2.19. The highest BCUT2D eigenvalue weighted by atomic mass is 79.9. The van der Waals surface area contributed by atoms with Crippen molar-refractivity contribution in [1.29, 1.82) is 0 Å². The first-order chi connectivity index (χ1) is 15.9.